The lowest BCUT2D eigenvalue weighted by molar-refractivity contribution is 0.0930. The number of ether oxygens (including phenoxy) is 1. The van der Waals surface area contributed by atoms with Crippen molar-refractivity contribution >= 4 is 11.6 Å². The number of carbonyl (C=O) groups is 1. The van der Waals surface area contributed by atoms with Crippen LogP contribution in [0, 0.1) is 0 Å². The second-order valence-corrected chi connectivity index (χ2v) is 6.34. The minimum Gasteiger partial charge on any atom is -0.378 e. The van der Waals surface area contributed by atoms with Crippen molar-refractivity contribution in [2.45, 2.75) is 25.3 Å². The molecule has 1 fully saturated rings. The number of benzene rings is 1. The largest absolute Gasteiger partial charge is 0.378 e. The van der Waals surface area contributed by atoms with Crippen molar-refractivity contribution in [1.82, 2.24) is 15.5 Å². The van der Waals surface area contributed by atoms with Gasteiger partial charge in [0.2, 0.25) is 0 Å². The summed E-state index contributed by atoms with van der Waals surface area (Å²) in [5.74, 6) is -0.0236. The zero-order valence-corrected chi connectivity index (χ0v) is 13.6. The number of rotatable bonds is 3. The van der Waals surface area contributed by atoms with Crippen molar-refractivity contribution in [3.05, 3.63) is 47.3 Å². The first-order valence-corrected chi connectivity index (χ1v) is 8.57. The molecule has 0 unspecified atom stereocenters. The number of aryl methyl sites for hydroxylation is 1. The summed E-state index contributed by atoms with van der Waals surface area (Å²) in [5, 5.41) is 10.4. The van der Waals surface area contributed by atoms with Crippen molar-refractivity contribution in [2.24, 2.45) is 0 Å². The molecule has 0 saturated carbocycles. The van der Waals surface area contributed by atoms with E-state index in [9.17, 15) is 4.79 Å². The standard InChI is InChI=1S/C18H22N4O2/c23-18(20-15-6-3-4-13-12-19-21-17(13)15)14-5-1-2-7-16(14)22-8-10-24-11-9-22/h1-2,5,7,12,15H,3-4,6,8-11H2,(H,19,21)(H,20,23)/t15-/m1/s1. The highest BCUT2D eigenvalue weighted by molar-refractivity contribution is 6.00. The molecule has 1 aliphatic carbocycles. The molecule has 2 heterocycles. The first-order chi connectivity index (χ1) is 11.8. The maximum atomic E-state index is 12.9. The Balaban J connectivity index is 1.55. The van der Waals surface area contributed by atoms with Crippen LogP contribution in [0.2, 0.25) is 0 Å². The number of nitrogens with zero attached hydrogens (tertiary/aromatic N) is 2. The van der Waals surface area contributed by atoms with Gasteiger partial charge in [-0.1, -0.05) is 12.1 Å². The molecule has 6 nitrogen and oxygen atoms in total. The number of hydrogen-bond donors (Lipinski definition) is 2. The Hall–Kier alpha value is -2.34. The fourth-order valence-corrected chi connectivity index (χ4v) is 3.59. The second-order valence-electron chi connectivity index (χ2n) is 6.34. The molecule has 24 heavy (non-hydrogen) atoms. The molecular formula is C18H22N4O2. The fourth-order valence-electron chi connectivity index (χ4n) is 3.59. The zero-order chi connectivity index (χ0) is 16.4. The Kier molecular flexibility index (Phi) is 4.21. The molecule has 2 aromatic rings. The molecule has 2 N–H and O–H groups in total. The number of H-pyrrole nitrogens is 1. The van der Waals surface area contributed by atoms with Gasteiger partial charge in [-0.05, 0) is 37.0 Å². The van der Waals surface area contributed by atoms with Gasteiger partial charge in [-0.25, -0.2) is 0 Å². The number of para-hydroxylation sites is 1. The summed E-state index contributed by atoms with van der Waals surface area (Å²) in [6.45, 7) is 3.04. The average molecular weight is 326 g/mol. The van der Waals surface area contributed by atoms with Crippen molar-refractivity contribution in [1.29, 1.82) is 0 Å². The number of nitrogens with one attached hydrogen (secondary N) is 2. The summed E-state index contributed by atoms with van der Waals surface area (Å²) in [5.41, 5.74) is 3.98. The molecule has 1 aromatic carbocycles. The van der Waals surface area contributed by atoms with Crippen LogP contribution in [-0.4, -0.2) is 42.4 Å². The predicted octanol–water partition coefficient (Wildman–Crippen LogP) is 2.05. The van der Waals surface area contributed by atoms with E-state index in [0.717, 1.165) is 49.3 Å². The first-order valence-electron chi connectivity index (χ1n) is 8.57. The second kappa shape index (κ2) is 6.65. The first kappa shape index (κ1) is 15.2. The Labute approximate surface area is 141 Å². The summed E-state index contributed by atoms with van der Waals surface area (Å²) in [6, 6.07) is 7.83. The molecule has 1 saturated heterocycles. The summed E-state index contributed by atoms with van der Waals surface area (Å²) in [7, 11) is 0. The van der Waals surface area contributed by atoms with Crippen molar-refractivity contribution < 1.29 is 9.53 Å². The molecule has 0 bridgehead atoms. The van der Waals surface area contributed by atoms with Crippen molar-refractivity contribution in [2.75, 3.05) is 31.2 Å². The quantitative estimate of drug-likeness (QED) is 0.906. The van der Waals surface area contributed by atoms with E-state index < -0.39 is 0 Å². The maximum Gasteiger partial charge on any atom is 0.253 e. The van der Waals surface area contributed by atoms with E-state index in [-0.39, 0.29) is 11.9 Å². The van der Waals surface area contributed by atoms with Gasteiger partial charge in [0.25, 0.3) is 5.91 Å². The van der Waals surface area contributed by atoms with Crippen LogP contribution in [0.25, 0.3) is 0 Å². The van der Waals surface area contributed by atoms with E-state index in [4.69, 9.17) is 4.74 Å². The molecule has 6 heteroatoms. The highest BCUT2D eigenvalue weighted by atomic mass is 16.5. The SMILES string of the molecule is O=C(N[C@@H]1CCCc2cn[nH]c21)c1ccccc1N1CCOCC1. The van der Waals surface area contributed by atoms with E-state index in [1.807, 2.05) is 30.5 Å². The van der Waals surface area contributed by atoms with E-state index >= 15 is 0 Å². The summed E-state index contributed by atoms with van der Waals surface area (Å²) in [6.07, 6.45) is 4.92. The van der Waals surface area contributed by atoms with Gasteiger partial charge in [-0.3, -0.25) is 9.89 Å². The van der Waals surface area contributed by atoms with E-state index in [2.05, 4.69) is 20.4 Å². The number of carbonyl (C=O) groups excluding carboxylic acids is 1. The number of aromatic nitrogens is 2. The molecule has 1 aliphatic heterocycles. The van der Waals surface area contributed by atoms with Crippen molar-refractivity contribution in [3.8, 4) is 0 Å². The van der Waals surface area contributed by atoms with Gasteiger partial charge < -0.3 is 15.0 Å². The number of anilines is 1. The van der Waals surface area contributed by atoms with E-state index in [0.29, 0.717) is 13.2 Å². The Bertz CT molecular complexity index is 721. The molecular weight excluding hydrogens is 304 g/mol. The highest BCUT2D eigenvalue weighted by Gasteiger charge is 2.25. The minimum absolute atomic E-state index is 0.0153. The number of morpholine rings is 1. The third-order valence-corrected chi connectivity index (χ3v) is 4.84. The van der Waals surface area contributed by atoms with E-state index in [1.165, 1.54) is 5.56 Å². The number of fused-ring (bicyclic) bond motifs is 1. The predicted molar refractivity (Wildman–Crippen MR) is 91.2 cm³/mol. The van der Waals surface area contributed by atoms with Crippen LogP contribution in [0.5, 0.6) is 0 Å². The van der Waals surface area contributed by atoms with Crippen molar-refractivity contribution in [3.63, 3.8) is 0 Å². The van der Waals surface area contributed by atoms with Gasteiger partial charge in [0, 0.05) is 18.8 Å². The lowest BCUT2D eigenvalue weighted by Gasteiger charge is -2.31. The van der Waals surface area contributed by atoms with Crippen LogP contribution in [0.4, 0.5) is 5.69 Å². The zero-order valence-electron chi connectivity index (χ0n) is 13.6. The third kappa shape index (κ3) is 2.89. The molecule has 1 amide bonds. The normalized spacial score (nSPS) is 20.5. The van der Waals surface area contributed by atoms with Crippen LogP contribution < -0.4 is 10.2 Å². The maximum absolute atomic E-state index is 12.9. The highest BCUT2D eigenvalue weighted by Crippen LogP contribution is 2.29. The molecule has 1 atom stereocenters. The lowest BCUT2D eigenvalue weighted by atomic mass is 9.93. The van der Waals surface area contributed by atoms with Gasteiger partial charge in [-0.2, -0.15) is 5.10 Å². The fraction of sp³-hybridized carbons (Fsp3) is 0.444. The molecule has 4 rings (SSSR count). The van der Waals surface area contributed by atoms with Crippen LogP contribution >= 0.6 is 0 Å². The van der Waals surface area contributed by atoms with Crippen LogP contribution in [0.1, 0.15) is 40.5 Å². The molecule has 0 spiro atoms. The lowest BCUT2D eigenvalue weighted by Crippen LogP contribution is -2.38. The topological polar surface area (TPSA) is 70.2 Å². The van der Waals surface area contributed by atoms with E-state index in [1.54, 1.807) is 0 Å². The van der Waals surface area contributed by atoms with Gasteiger partial charge in [0.05, 0.1) is 36.7 Å². The number of aromatic amines is 1. The third-order valence-electron chi connectivity index (χ3n) is 4.84. The monoisotopic (exact) mass is 326 g/mol. The minimum atomic E-state index is -0.0236. The van der Waals surface area contributed by atoms with Crippen LogP contribution in [0.15, 0.2) is 30.5 Å². The Morgan fingerprint density at radius 2 is 2.12 bits per heavy atom. The molecule has 1 aromatic heterocycles. The van der Waals surface area contributed by atoms with Gasteiger partial charge >= 0.3 is 0 Å². The van der Waals surface area contributed by atoms with Gasteiger partial charge in [-0.15, -0.1) is 0 Å². The van der Waals surface area contributed by atoms with Gasteiger partial charge in [0.1, 0.15) is 0 Å². The summed E-state index contributed by atoms with van der Waals surface area (Å²) < 4.78 is 5.42. The van der Waals surface area contributed by atoms with Crippen LogP contribution in [0.3, 0.4) is 0 Å². The summed E-state index contributed by atoms with van der Waals surface area (Å²) in [4.78, 5) is 15.1. The molecule has 0 radical (unpaired) electrons. The number of hydrogen-bond acceptors (Lipinski definition) is 4. The summed E-state index contributed by atoms with van der Waals surface area (Å²) >= 11 is 0. The smallest absolute Gasteiger partial charge is 0.253 e. The van der Waals surface area contributed by atoms with Gasteiger partial charge in [0.15, 0.2) is 0 Å². The number of amides is 1. The Morgan fingerprint density at radius 1 is 1.29 bits per heavy atom. The molecule has 2 aliphatic rings. The average Bonchev–Trinajstić information content (AvgIpc) is 3.12. The molecule has 126 valence electrons. The van der Waals surface area contributed by atoms with Crippen LogP contribution in [-0.2, 0) is 11.2 Å². The Morgan fingerprint density at radius 3 is 3.00 bits per heavy atom.